The fraction of sp³-hybridized carbons (Fsp3) is 0.467. The summed E-state index contributed by atoms with van der Waals surface area (Å²) in [6.07, 6.45) is -0.692. The van der Waals surface area contributed by atoms with E-state index in [0.717, 1.165) is 0 Å². The Bertz CT molecular complexity index is 733. The number of sulfone groups is 1. The molecule has 0 aromatic heterocycles. The molecule has 1 amide bonds. The van der Waals surface area contributed by atoms with E-state index in [1.165, 1.54) is 11.8 Å². The number of rotatable bonds is 3. The molecule has 0 unspecified atom stereocenters. The van der Waals surface area contributed by atoms with Crippen LogP contribution in [0.15, 0.2) is 35.3 Å². The molecule has 0 saturated carbocycles. The van der Waals surface area contributed by atoms with E-state index in [0.29, 0.717) is 10.9 Å². The van der Waals surface area contributed by atoms with Crippen molar-refractivity contribution in [3.63, 3.8) is 0 Å². The van der Waals surface area contributed by atoms with Crippen LogP contribution in [0.5, 0.6) is 5.75 Å². The van der Waals surface area contributed by atoms with Crippen LogP contribution in [0.3, 0.4) is 0 Å². The van der Waals surface area contributed by atoms with Gasteiger partial charge >= 0.3 is 0 Å². The average molecular weight is 354 g/mol. The Labute approximate surface area is 139 Å². The van der Waals surface area contributed by atoms with Gasteiger partial charge in [0, 0.05) is 12.3 Å². The highest BCUT2D eigenvalue weighted by molar-refractivity contribution is 8.15. The summed E-state index contributed by atoms with van der Waals surface area (Å²) in [5.41, 5.74) is 0. The molecule has 0 aliphatic carbocycles. The molecule has 2 saturated heterocycles. The van der Waals surface area contributed by atoms with Crippen molar-refractivity contribution >= 4 is 32.7 Å². The maximum atomic E-state index is 12.2. The SMILES string of the molecule is C[C@@H](Oc1ccccc1)C(=O)N=C1S[C@H]2CS(=O)(=O)C[C@@H]2N1C. The number of amides is 1. The summed E-state index contributed by atoms with van der Waals surface area (Å²) in [6.45, 7) is 1.66. The van der Waals surface area contributed by atoms with E-state index >= 15 is 0 Å². The number of nitrogens with zero attached hydrogens (tertiary/aromatic N) is 2. The second kappa shape index (κ2) is 6.16. The third-order valence-electron chi connectivity index (χ3n) is 3.94. The van der Waals surface area contributed by atoms with Crippen molar-refractivity contribution < 1.29 is 17.9 Å². The van der Waals surface area contributed by atoms with Gasteiger partial charge in [-0.15, -0.1) is 0 Å². The number of carbonyl (C=O) groups is 1. The van der Waals surface area contributed by atoms with Gasteiger partial charge in [0.25, 0.3) is 5.91 Å². The Hall–Kier alpha value is -1.54. The first-order chi connectivity index (χ1) is 10.9. The highest BCUT2D eigenvalue weighted by atomic mass is 32.2. The minimum Gasteiger partial charge on any atom is -0.481 e. The van der Waals surface area contributed by atoms with Gasteiger partial charge < -0.3 is 9.64 Å². The molecule has 124 valence electrons. The summed E-state index contributed by atoms with van der Waals surface area (Å²) < 4.78 is 28.9. The summed E-state index contributed by atoms with van der Waals surface area (Å²) in [7, 11) is -1.19. The van der Waals surface area contributed by atoms with Crippen LogP contribution >= 0.6 is 11.8 Å². The highest BCUT2D eigenvalue weighted by Gasteiger charge is 2.47. The Morgan fingerprint density at radius 2 is 2.04 bits per heavy atom. The van der Waals surface area contributed by atoms with Crippen LogP contribution in [0.25, 0.3) is 0 Å². The molecule has 0 N–H and O–H groups in total. The lowest BCUT2D eigenvalue weighted by Gasteiger charge is -2.18. The zero-order valence-corrected chi connectivity index (χ0v) is 14.5. The smallest absolute Gasteiger partial charge is 0.288 e. The van der Waals surface area contributed by atoms with Crippen LogP contribution in [-0.4, -0.2) is 60.3 Å². The molecule has 8 heteroatoms. The zero-order chi connectivity index (χ0) is 16.6. The first kappa shape index (κ1) is 16.3. The van der Waals surface area contributed by atoms with Crippen LogP contribution in [0.1, 0.15) is 6.92 Å². The van der Waals surface area contributed by atoms with Crippen LogP contribution in [0.4, 0.5) is 0 Å². The predicted octanol–water partition coefficient (Wildman–Crippen LogP) is 1.18. The van der Waals surface area contributed by atoms with Crippen molar-refractivity contribution in [3.05, 3.63) is 30.3 Å². The van der Waals surface area contributed by atoms with Crippen LogP contribution in [0, 0.1) is 0 Å². The van der Waals surface area contributed by atoms with Crippen LogP contribution < -0.4 is 4.74 Å². The van der Waals surface area contributed by atoms with E-state index in [9.17, 15) is 13.2 Å². The molecular formula is C15H18N2O4S2. The molecule has 3 rings (SSSR count). The first-order valence-electron chi connectivity index (χ1n) is 7.30. The van der Waals surface area contributed by atoms with Gasteiger partial charge in [-0.2, -0.15) is 4.99 Å². The normalized spacial score (nSPS) is 28.6. The van der Waals surface area contributed by atoms with Crippen molar-refractivity contribution in [1.29, 1.82) is 0 Å². The van der Waals surface area contributed by atoms with E-state index < -0.39 is 15.9 Å². The number of benzene rings is 1. The second-order valence-corrected chi connectivity index (χ2v) is 9.08. The minimum absolute atomic E-state index is 0.0399. The molecule has 0 bridgehead atoms. The molecule has 2 heterocycles. The van der Waals surface area contributed by atoms with E-state index in [-0.39, 0.29) is 28.7 Å². The average Bonchev–Trinajstić information content (AvgIpc) is 2.94. The number of para-hydroxylation sites is 1. The molecule has 0 radical (unpaired) electrons. The Balaban J connectivity index is 1.67. The Morgan fingerprint density at radius 1 is 1.35 bits per heavy atom. The molecule has 1 aromatic rings. The monoisotopic (exact) mass is 354 g/mol. The number of thioether (sulfide) groups is 1. The lowest BCUT2D eigenvalue weighted by atomic mass is 10.2. The second-order valence-electron chi connectivity index (χ2n) is 5.72. The summed E-state index contributed by atoms with van der Waals surface area (Å²) in [5, 5.41) is 0.533. The number of carbonyl (C=O) groups excluding carboxylic acids is 1. The molecule has 0 spiro atoms. The molecule has 23 heavy (non-hydrogen) atoms. The van der Waals surface area contributed by atoms with Crippen molar-refractivity contribution in [2.75, 3.05) is 18.6 Å². The summed E-state index contributed by atoms with van der Waals surface area (Å²) >= 11 is 1.36. The summed E-state index contributed by atoms with van der Waals surface area (Å²) in [6, 6.07) is 9.00. The Morgan fingerprint density at radius 3 is 2.70 bits per heavy atom. The van der Waals surface area contributed by atoms with Gasteiger partial charge in [-0.1, -0.05) is 30.0 Å². The maximum absolute atomic E-state index is 12.2. The number of ether oxygens (including phenoxy) is 1. The number of aliphatic imine (C=N–C) groups is 1. The highest BCUT2D eigenvalue weighted by Crippen LogP contribution is 2.37. The lowest BCUT2D eigenvalue weighted by molar-refractivity contribution is -0.123. The quantitative estimate of drug-likeness (QED) is 0.811. The van der Waals surface area contributed by atoms with Gasteiger partial charge in [-0.25, -0.2) is 8.42 Å². The topological polar surface area (TPSA) is 76.0 Å². The first-order valence-corrected chi connectivity index (χ1v) is 10.00. The largest absolute Gasteiger partial charge is 0.481 e. The molecule has 2 fully saturated rings. The van der Waals surface area contributed by atoms with E-state index in [1.807, 2.05) is 18.2 Å². The number of hydrogen-bond donors (Lipinski definition) is 0. The van der Waals surface area contributed by atoms with Gasteiger partial charge in [-0.05, 0) is 19.1 Å². The van der Waals surface area contributed by atoms with Gasteiger partial charge in [0.2, 0.25) is 0 Å². The van der Waals surface area contributed by atoms with Gasteiger partial charge in [0.15, 0.2) is 21.1 Å². The molecule has 3 atom stereocenters. The molecule has 2 aliphatic heterocycles. The van der Waals surface area contributed by atoms with Crippen LogP contribution in [0.2, 0.25) is 0 Å². The van der Waals surface area contributed by atoms with Crippen molar-refractivity contribution in [2.24, 2.45) is 4.99 Å². The van der Waals surface area contributed by atoms with Gasteiger partial charge in [0.05, 0.1) is 17.5 Å². The third-order valence-corrected chi connectivity index (χ3v) is 7.24. The maximum Gasteiger partial charge on any atom is 0.288 e. The molecular weight excluding hydrogens is 336 g/mol. The fourth-order valence-corrected chi connectivity index (χ4v) is 6.68. The van der Waals surface area contributed by atoms with Crippen LogP contribution in [-0.2, 0) is 14.6 Å². The predicted molar refractivity (Wildman–Crippen MR) is 90.6 cm³/mol. The van der Waals surface area contributed by atoms with Crippen molar-refractivity contribution in [1.82, 2.24) is 4.90 Å². The molecule has 6 nitrogen and oxygen atoms in total. The van der Waals surface area contributed by atoms with E-state index in [2.05, 4.69) is 4.99 Å². The Kier molecular flexibility index (Phi) is 4.37. The molecule has 1 aromatic carbocycles. The summed E-state index contributed by atoms with van der Waals surface area (Å²) in [5.74, 6) is 0.524. The number of hydrogen-bond acceptors (Lipinski definition) is 5. The van der Waals surface area contributed by atoms with Crippen molar-refractivity contribution in [3.8, 4) is 5.75 Å². The van der Waals surface area contributed by atoms with Crippen molar-refractivity contribution in [2.45, 2.75) is 24.3 Å². The minimum atomic E-state index is -2.97. The number of fused-ring (bicyclic) bond motifs is 1. The lowest BCUT2D eigenvalue weighted by Crippen LogP contribution is -2.34. The van der Waals surface area contributed by atoms with Gasteiger partial charge in [0.1, 0.15) is 5.75 Å². The summed E-state index contributed by atoms with van der Waals surface area (Å²) in [4.78, 5) is 18.2. The van der Waals surface area contributed by atoms with E-state index in [4.69, 9.17) is 4.74 Å². The van der Waals surface area contributed by atoms with Gasteiger partial charge in [-0.3, -0.25) is 4.79 Å². The number of amidine groups is 1. The van der Waals surface area contributed by atoms with E-state index in [1.54, 1.807) is 31.0 Å². The molecule has 2 aliphatic rings. The third kappa shape index (κ3) is 3.53. The zero-order valence-electron chi connectivity index (χ0n) is 12.9. The standard InChI is InChI=1S/C15H18N2O4S2/c1-10(21-11-6-4-3-5-7-11)14(18)16-15-17(2)12-8-23(19,20)9-13(12)22-15/h3-7,10,12-13H,8-9H2,1-2H3/t10-,12+,13+/m1/s1. The fourth-order valence-electron chi connectivity index (χ4n) is 2.68.